The largest absolute Gasteiger partial charge is 0.481 e. The Labute approximate surface area is 110 Å². The molecule has 0 bridgehead atoms. The lowest BCUT2D eigenvalue weighted by Crippen LogP contribution is -2.33. The number of rotatable bonds is 4. The number of aryl methyl sites for hydroxylation is 1. The van der Waals surface area contributed by atoms with E-state index < -0.39 is 11.9 Å². The van der Waals surface area contributed by atoms with Gasteiger partial charge in [-0.25, -0.2) is 0 Å². The van der Waals surface area contributed by atoms with Gasteiger partial charge in [-0.3, -0.25) is 14.6 Å². The van der Waals surface area contributed by atoms with Crippen LogP contribution < -0.4 is 0 Å². The Morgan fingerprint density at radius 3 is 2.67 bits per heavy atom. The van der Waals surface area contributed by atoms with Crippen LogP contribution >= 0.6 is 11.6 Å². The van der Waals surface area contributed by atoms with Crippen LogP contribution in [-0.2, 0) is 4.79 Å². The minimum Gasteiger partial charge on any atom is -0.481 e. The number of amides is 1. The Morgan fingerprint density at radius 1 is 1.56 bits per heavy atom. The summed E-state index contributed by atoms with van der Waals surface area (Å²) < 4.78 is 0. The molecule has 5 nitrogen and oxygen atoms in total. The molecule has 0 aliphatic carbocycles. The van der Waals surface area contributed by atoms with Gasteiger partial charge in [-0.1, -0.05) is 18.5 Å². The molecule has 18 heavy (non-hydrogen) atoms. The van der Waals surface area contributed by atoms with Gasteiger partial charge < -0.3 is 10.0 Å². The molecule has 0 saturated carbocycles. The molecule has 1 rings (SSSR count). The lowest BCUT2D eigenvalue weighted by Gasteiger charge is -2.19. The van der Waals surface area contributed by atoms with Crippen molar-refractivity contribution in [1.29, 1.82) is 0 Å². The van der Waals surface area contributed by atoms with Crippen molar-refractivity contribution in [3.05, 3.63) is 28.5 Å². The zero-order valence-electron chi connectivity index (χ0n) is 10.5. The topological polar surface area (TPSA) is 70.5 Å². The smallest absolute Gasteiger partial charge is 0.308 e. The first kappa shape index (κ1) is 14.4. The average molecular weight is 271 g/mol. The van der Waals surface area contributed by atoms with Gasteiger partial charge in [-0.15, -0.1) is 0 Å². The zero-order chi connectivity index (χ0) is 13.9. The maximum atomic E-state index is 12.0. The molecule has 1 aromatic heterocycles. The molecular weight excluding hydrogens is 256 g/mol. The number of carboxylic acids is 1. The van der Waals surface area contributed by atoms with Gasteiger partial charge >= 0.3 is 5.97 Å². The summed E-state index contributed by atoms with van der Waals surface area (Å²) in [5, 5.41) is 9.12. The summed E-state index contributed by atoms with van der Waals surface area (Å²) in [6.07, 6.45) is 1.40. The van der Waals surface area contributed by atoms with Crippen molar-refractivity contribution >= 4 is 23.5 Å². The number of carboxylic acid groups (broad SMARTS) is 1. The second-order valence-electron chi connectivity index (χ2n) is 4.23. The molecule has 0 aromatic carbocycles. The maximum absolute atomic E-state index is 12.0. The summed E-state index contributed by atoms with van der Waals surface area (Å²) in [7, 11) is 1.54. The first-order valence-corrected chi connectivity index (χ1v) is 5.81. The summed E-state index contributed by atoms with van der Waals surface area (Å²) in [4.78, 5) is 28.1. The van der Waals surface area contributed by atoms with Crippen LogP contribution in [0.3, 0.4) is 0 Å². The molecule has 0 spiro atoms. The molecule has 6 heteroatoms. The fraction of sp³-hybridized carbons (Fsp3) is 0.417. The van der Waals surface area contributed by atoms with Gasteiger partial charge in [0.25, 0.3) is 5.91 Å². The molecule has 1 unspecified atom stereocenters. The summed E-state index contributed by atoms with van der Waals surface area (Å²) in [5.74, 6) is -1.90. The van der Waals surface area contributed by atoms with E-state index in [1.165, 1.54) is 18.1 Å². The predicted octanol–water partition coefficient (Wildman–Crippen LogP) is 1.84. The molecular formula is C12H15ClN2O3. The fourth-order valence-corrected chi connectivity index (χ4v) is 1.75. The number of pyridine rings is 1. The predicted molar refractivity (Wildman–Crippen MR) is 67.7 cm³/mol. The third-order valence-electron chi connectivity index (χ3n) is 2.54. The van der Waals surface area contributed by atoms with Gasteiger partial charge in [-0.2, -0.15) is 0 Å². The maximum Gasteiger partial charge on any atom is 0.308 e. The SMILES string of the molecule is Cc1cc(Cl)c(C(=O)N(C)CC(C)C(=O)O)cn1. The summed E-state index contributed by atoms with van der Waals surface area (Å²) >= 11 is 5.96. The molecule has 1 aromatic rings. The monoisotopic (exact) mass is 270 g/mol. The normalized spacial score (nSPS) is 12.0. The van der Waals surface area contributed by atoms with Crippen molar-refractivity contribution in [2.75, 3.05) is 13.6 Å². The fourth-order valence-electron chi connectivity index (χ4n) is 1.46. The van der Waals surface area contributed by atoms with E-state index in [-0.39, 0.29) is 18.0 Å². The number of hydrogen-bond acceptors (Lipinski definition) is 3. The highest BCUT2D eigenvalue weighted by Gasteiger charge is 2.20. The lowest BCUT2D eigenvalue weighted by atomic mass is 10.1. The molecule has 1 atom stereocenters. The standard InChI is InChI=1S/C12H15ClN2O3/c1-7(12(17)18)6-15(3)11(16)9-5-14-8(2)4-10(9)13/h4-5,7H,6H2,1-3H3,(H,17,18). The number of carbonyl (C=O) groups is 2. The van der Waals surface area contributed by atoms with Gasteiger partial charge in [0.05, 0.1) is 16.5 Å². The highest BCUT2D eigenvalue weighted by molar-refractivity contribution is 6.33. The second-order valence-corrected chi connectivity index (χ2v) is 4.64. The minimum atomic E-state index is -0.942. The van der Waals surface area contributed by atoms with Crippen LogP contribution in [-0.4, -0.2) is 40.5 Å². The van der Waals surface area contributed by atoms with Crippen molar-refractivity contribution in [3.8, 4) is 0 Å². The highest BCUT2D eigenvalue weighted by Crippen LogP contribution is 2.17. The van der Waals surface area contributed by atoms with Crippen molar-refractivity contribution < 1.29 is 14.7 Å². The Morgan fingerprint density at radius 2 is 2.17 bits per heavy atom. The number of carbonyl (C=O) groups excluding carboxylic acids is 1. The molecule has 98 valence electrons. The summed E-state index contributed by atoms with van der Waals surface area (Å²) in [6, 6.07) is 1.60. The Kier molecular flexibility index (Phi) is 4.67. The average Bonchev–Trinajstić information content (AvgIpc) is 2.27. The van der Waals surface area contributed by atoms with E-state index in [1.807, 2.05) is 0 Å². The summed E-state index contributed by atoms with van der Waals surface area (Å²) in [5.41, 5.74) is 1.00. The van der Waals surface area contributed by atoms with Crippen LogP contribution in [0.4, 0.5) is 0 Å². The van der Waals surface area contributed by atoms with E-state index in [2.05, 4.69) is 4.98 Å². The summed E-state index contributed by atoms with van der Waals surface area (Å²) in [6.45, 7) is 3.44. The third kappa shape index (κ3) is 3.43. The van der Waals surface area contributed by atoms with Gasteiger partial charge in [0.1, 0.15) is 0 Å². The van der Waals surface area contributed by atoms with Crippen LogP contribution in [0.1, 0.15) is 23.0 Å². The van der Waals surface area contributed by atoms with Gasteiger partial charge in [0, 0.05) is 25.5 Å². The van der Waals surface area contributed by atoms with E-state index in [4.69, 9.17) is 16.7 Å². The number of aliphatic carboxylic acids is 1. The van der Waals surface area contributed by atoms with Crippen LogP contribution in [0.25, 0.3) is 0 Å². The Bertz CT molecular complexity index is 476. The van der Waals surface area contributed by atoms with Gasteiger partial charge in [-0.05, 0) is 13.0 Å². The Balaban J connectivity index is 2.83. The van der Waals surface area contributed by atoms with Crippen LogP contribution in [0.15, 0.2) is 12.3 Å². The molecule has 0 aliphatic rings. The van der Waals surface area contributed by atoms with E-state index in [0.717, 1.165) is 5.69 Å². The molecule has 1 heterocycles. The van der Waals surface area contributed by atoms with Crippen LogP contribution in [0.5, 0.6) is 0 Å². The van der Waals surface area contributed by atoms with Crippen molar-refractivity contribution in [3.63, 3.8) is 0 Å². The van der Waals surface area contributed by atoms with E-state index in [1.54, 1.807) is 19.9 Å². The van der Waals surface area contributed by atoms with E-state index in [9.17, 15) is 9.59 Å². The first-order valence-electron chi connectivity index (χ1n) is 5.43. The molecule has 0 aliphatic heterocycles. The van der Waals surface area contributed by atoms with Crippen LogP contribution in [0, 0.1) is 12.8 Å². The highest BCUT2D eigenvalue weighted by atomic mass is 35.5. The van der Waals surface area contributed by atoms with E-state index >= 15 is 0 Å². The number of halogens is 1. The first-order chi connectivity index (χ1) is 8.32. The van der Waals surface area contributed by atoms with Crippen molar-refractivity contribution in [1.82, 2.24) is 9.88 Å². The van der Waals surface area contributed by atoms with Crippen LogP contribution in [0.2, 0.25) is 5.02 Å². The quantitative estimate of drug-likeness (QED) is 0.906. The number of aromatic nitrogens is 1. The molecule has 1 N–H and O–H groups in total. The Hall–Kier alpha value is -1.62. The van der Waals surface area contributed by atoms with Gasteiger partial charge in [0.2, 0.25) is 0 Å². The molecule has 1 amide bonds. The third-order valence-corrected chi connectivity index (χ3v) is 2.85. The molecule has 0 radical (unpaired) electrons. The second kappa shape index (κ2) is 5.82. The zero-order valence-corrected chi connectivity index (χ0v) is 11.2. The number of hydrogen-bond donors (Lipinski definition) is 1. The minimum absolute atomic E-state index is 0.123. The van der Waals surface area contributed by atoms with Crippen molar-refractivity contribution in [2.24, 2.45) is 5.92 Å². The lowest BCUT2D eigenvalue weighted by molar-refractivity contribution is -0.141. The van der Waals surface area contributed by atoms with E-state index in [0.29, 0.717) is 5.02 Å². The van der Waals surface area contributed by atoms with Crippen molar-refractivity contribution in [2.45, 2.75) is 13.8 Å². The number of nitrogens with zero attached hydrogens (tertiary/aromatic N) is 2. The molecule has 0 saturated heterocycles. The molecule has 0 fully saturated rings. The van der Waals surface area contributed by atoms with Gasteiger partial charge in [0.15, 0.2) is 0 Å².